The van der Waals surface area contributed by atoms with Crippen molar-refractivity contribution >= 4 is 62.1 Å². The molecule has 3 aromatic carbocycles. The second-order valence-corrected chi connectivity index (χ2v) is 19.2. The number of carbonyl (C=O) groups is 2. The first kappa shape index (κ1) is 49.2. The van der Waals surface area contributed by atoms with E-state index in [2.05, 4.69) is 5.32 Å². The Morgan fingerprint density at radius 2 is 1.67 bits per heavy atom. The SMILES string of the molecule is CCOC(=O)N1CCC[C@@H]2CN(c3cc(=O)c4nc5c(oc4c3)c3c(=O)c4c(O)c(C)c6c(c45)=C(O)[C@@](C)(O/C=C/[C@H](OC)[C@H](C)[C@@H](O)[C@@H](C)[C@H](O)[C@H](C)[C@@H](O)[C@@H](C)/C=C/C=C(/C)C(=O)N3)O6)C[C@@H]21. The van der Waals surface area contributed by atoms with E-state index in [1.54, 1.807) is 57.7 Å². The van der Waals surface area contributed by atoms with Gasteiger partial charge in [0, 0.05) is 91.7 Å². The van der Waals surface area contributed by atoms with E-state index in [0.717, 1.165) is 12.8 Å². The molecule has 4 aliphatic heterocycles. The second-order valence-electron chi connectivity index (χ2n) is 19.2. The Labute approximate surface area is 398 Å². The number of nitrogens with one attached hydrogen (secondary N) is 1. The topological polar surface area (TPSA) is 251 Å². The van der Waals surface area contributed by atoms with Gasteiger partial charge in [0.15, 0.2) is 22.4 Å². The quantitative estimate of drug-likeness (QED) is 0.116. The third kappa shape index (κ3) is 8.54. The highest BCUT2D eigenvalue weighted by Crippen LogP contribution is 2.43. The molecule has 2 saturated heterocycles. The first-order valence-corrected chi connectivity index (χ1v) is 23.6. The molecule has 0 saturated carbocycles. The molecule has 8 rings (SSSR count). The van der Waals surface area contributed by atoms with Crippen LogP contribution in [0.3, 0.4) is 0 Å². The van der Waals surface area contributed by atoms with Crippen LogP contribution in [-0.4, -0.2) is 117 Å². The normalized spacial score (nSPS) is 31.9. The molecule has 370 valence electrons. The van der Waals surface area contributed by atoms with Crippen LogP contribution in [0, 0.1) is 36.5 Å². The van der Waals surface area contributed by atoms with Crippen LogP contribution in [0.5, 0.6) is 11.5 Å². The lowest BCUT2D eigenvalue weighted by atomic mass is 9.78. The third-order valence-electron chi connectivity index (χ3n) is 14.8. The van der Waals surface area contributed by atoms with Crippen LogP contribution in [0.2, 0.25) is 0 Å². The molecule has 2 amide bonds. The van der Waals surface area contributed by atoms with Gasteiger partial charge in [0.1, 0.15) is 22.7 Å². The second kappa shape index (κ2) is 18.9. The van der Waals surface area contributed by atoms with Crippen molar-refractivity contribution in [3.63, 3.8) is 0 Å². The van der Waals surface area contributed by atoms with Crippen molar-refractivity contribution in [3.05, 3.63) is 79.5 Å². The van der Waals surface area contributed by atoms with E-state index in [0.29, 0.717) is 25.3 Å². The Hall–Kier alpha value is -6.21. The molecule has 6 N–H and O–H groups in total. The number of anilines is 2. The number of aliphatic hydroxyl groups is 4. The van der Waals surface area contributed by atoms with Gasteiger partial charge in [-0.3, -0.25) is 14.4 Å². The molecular weight excluding hydrogens is 893 g/mol. The summed E-state index contributed by atoms with van der Waals surface area (Å²) in [6.45, 7) is 14.8. The van der Waals surface area contributed by atoms with Gasteiger partial charge in [0.2, 0.25) is 10.9 Å². The number of piperidine rings is 1. The number of methoxy groups -OCH3 is 1. The van der Waals surface area contributed by atoms with E-state index in [1.165, 1.54) is 52.4 Å². The molecule has 1 aromatic heterocycles. The van der Waals surface area contributed by atoms with Crippen LogP contribution in [0.25, 0.3) is 38.7 Å². The lowest BCUT2D eigenvalue weighted by Gasteiger charge is -2.36. The minimum atomic E-state index is -1.98. The zero-order chi connectivity index (χ0) is 50.0. The van der Waals surface area contributed by atoms with Crippen LogP contribution in [0.4, 0.5) is 16.2 Å². The number of likely N-dealkylation sites (tertiary alicyclic amines) is 1. The predicted molar refractivity (Wildman–Crippen MR) is 258 cm³/mol. The number of carbonyl (C=O) groups excluding carboxylic acids is 2. The summed E-state index contributed by atoms with van der Waals surface area (Å²) in [6.07, 6.45) is 4.65. The third-order valence-corrected chi connectivity index (χ3v) is 14.8. The van der Waals surface area contributed by atoms with Gasteiger partial charge in [-0.2, -0.15) is 0 Å². The van der Waals surface area contributed by atoms with Crippen molar-refractivity contribution in [2.45, 2.75) is 104 Å². The highest BCUT2D eigenvalue weighted by molar-refractivity contribution is 6.16. The number of allylic oxidation sites excluding steroid dienone is 2. The summed E-state index contributed by atoms with van der Waals surface area (Å²) < 4.78 is 30.0. The van der Waals surface area contributed by atoms with Crippen LogP contribution < -0.4 is 31.0 Å². The largest absolute Gasteiger partial charge is 0.507 e. The Morgan fingerprint density at radius 3 is 2.38 bits per heavy atom. The number of rotatable bonds is 3. The van der Waals surface area contributed by atoms with Crippen LogP contribution in [0.15, 0.2) is 62.3 Å². The molecule has 4 aliphatic rings. The average molecular weight is 955 g/mol. The lowest BCUT2D eigenvalue weighted by Crippen LogP contribution is -2.48. The number of fused-ring (bicyclic) bond motifs is 6. The van der Waals surface area contributed by atoms with Crippen LogP contribution >= 0.6 is 0 Å². The summed E-state index contributed by atoms with van der Waals surface area (Å²) in [6, 6.07) is 2.89. The number of ether oxygens (including phenoxy) is 4. The van der Waals surface area contributed by atoms with Crippen molar-refractivity contribution in [3.8, 4) is 11.5 Å². The summed E-state index contributed by atoms with van der Waals surface area (Å²) in [5.41, 5.74) is -1.78. The number of aromatic nitrogens is 1. The minimum Gasteiger partial charge on any atom is -0.507 e. The molecule has 0 aliphatic carbocycles. The Balaban J connectivity index is 1.33. The van der Waals surface area contributed by atoms with Crippen molar-refractivity contribution in [1.82, 2.24) is 9.88 Å². The summed E-state index contributed by atoms with van der Waals surface area (Å²) >= 11 is 0. The van der Waals surface area contributed by atoms with E-state index in [9.17, 15) is 44.7 Å². The van der Waals surface area contributed by atoms with Crippen molar-refractivity contribution in [1.29, 1.82) is 0 Å². The van der Waals surface area contributed by atoms with E-state index < -0.39 is 87.8 Å². The Kier molecular flexibility index (Phi) is 13.5. The number of hydrogen-bond acceptors (Lipinski definition) is 16. The van der Waals surface area contributed by atoms with Crippen molar-refractivity contribution in [2.75, 3.05) is 43.6 Å². The van der Waals surface area contributed by atoms with E-state index >= 15 is 0 Å². The fraction of sp³-hybridized carbons (Fsp3) is 0.510. The van der Waals surface area contributed by atoms with Gasteiger partial charge < -0.3 is 64.0 Å². The molecule has 0 unspecified atom stereocenters. The fourth-order valence-electron chi connectivity index (χ4n) is 10.5. The first-order valence-electron chi connectivity index (χ1n) is 23.6. The van der Waals surface area contributed by atoms with E-state index in [4.69, 9.17) is 28.3 Å². The van der Waals surface area contributed by atoms with Gasteiger partial charge in [-0.15, -0.1) is 0 Å². The van der Waals surface area contributed by atoms with Gasteiger partial charge in [-0.05, 0) is 45.6 Å². The number of aliphatic hydroxyl groups excluding tert-OH is 4. The van der Waals surface area contributed by atoms with Gasteiger partial charge >= 0.3 is 11.9 Å². The standard InChI is InChI=1S/C51H62N4O14/c1-10-66-50(64)55-17-12-15-29-21-54(22-31(29)55)30-19-32(56)38-34(20-30)68-47-39(52-38)35-36-44(60)28(7)46-37(35)48(62)51(8,69-46)67-18-16-33(65-9)25(4)42(58)27(6)43(59)26(5)41(57)23(2)13-11-14-24(3)49(63)53-40(47)45(36)61/h11,13-14,16,18-20,23,25-27,29,31,33,41-43,57-60,62H,10,12,15,17,21-22H2,1-9H3,(H,53,63)/b13-11+,18-16+,24-14-/t23-,25-,26+,27+,29+,31-,33-,41-,42+,43+,51-/m0/s1. The summed E-state index contributed by atoms with van der Waals surface area (Å²) in [5.74, 6) is -6.28. The predicted octanol–water partition coefficient (Wildman–Crippen LogP) is 5.05. The maximum atomic E-state index is 14.9. The van der Waals surface area contributed by atoms with E-state index in [1.807, 2.05) is 4.90 Å². The number of phenols is 1. The molecule has 0 spiro atoms. The summed E-state index contributed by atoms with van der Waals surface area (Å²) in [5, 5.41) is 60.3. The van der Waals surface area contributed by atoms with Gasteiger partial charge in [0.05, 0.1) is 53.9 Å². The molecule has 5 heterocycles. The van der Waals surface area contributed by atoms with E-state index in [-0.39, 0.29) is 79.7 Å². The maximum absolute atomic E-state index is 14.9. The van der Waals surface area contributed by atoms with Crippen LogP contribution in [0.1, 0.15) is 66.9 Å². The molecule has 4 aromatic rings. The number of hydrogen-bond donors (Lipinski definition) is 6. The Morgan fingerprint density at radius 1 is 0.957 bits per heavy atom. The summed E-state index contributed by atoms with van der Waals surface area (Å²) in [7, 11) is 1.44. The molecule has 2 fully saturated rings. The minimum absolute atomic E-state index is 0.0243. The molecule has 11 atom stereocenters. The molecule has 5 bridgehead atoms. The number of amides is 2. The average Bonchev–Trinajstić information content (AvgIpc) is 3.89. The highest BCUT2D eigenvalue weighted by atomic mass is 16.7. The zero-order valence-corrected chi connectivity index (χ0v) is 40.3. The lowest BCUT2D eigenvalue weighted by molar-refractivity contribution is -0.112. The van der Waals surface area contributed by atoms with Crippen molar-refractivity contribution < 1.29 is 58.5 Å². The van der Waals surface area contributed by atoms with Gasteiger partial charge in [-0.25, -0.2) is 9.78 Å². The molecular formula is C51H62N4O14. The van der Waals surface area contributed by atoms with Gasteiger partial charge in [-0.1, -0.05) is 45.9 Å². The molecule has 18 nitrogen and oxygen atoms in total. The number of benzene rings is 3. The first-order chi connectivity index (χ1) is 32.7. The molecule has 0 radical (unpaired) electrons. The summed E-state index contributed by atoms with van der Waals surface area (Å²) in [4.78, 5) is 64.7. The van der Waals surface area contributed by atoms with Crippen molar-refractivity contribution in [2.24, 2.45) is 29.6 Å². The fourth-order valence-corrected chi connectivity index (χ4v) is 10.5. The molecule has 69 heavy (non-hydrogen) atoms. The zero-order valence-electron chi connectivity index (χ0n) is 40.3. The molecule has 18 heteroatoms. The smallest absolute Gasteiger partial charge is 0.410 e. The number of aromatic hydroxyl groups is 1. The highest BCUT2D eigenvalue weighted by Gasteiger charge is 2.45. The van der Waals surface area contributed by atoms with Crippen LogP contribution in [-0.2, 0) is 19.0 Å². The maximum Gasteiger partial charge on any atom is 0.410 e. The van der Waals surface area contributed by atoms with Gasteiger partial charge in [0.25, 0.3) is 5.91 Å². The monoisotopic (exact) mass is 954 g/mol. The Bertz CT molecular complexity index is 2990. The number of nitrogens with zero attached hydrogens (tertiary/aromatic N) is 3. The number of phenolic OH excluding ortho intramolecular Hbond substituents is 1.